The van der Waals surface area contributed by atoms with E-state index in [9.17, 15) is 9.59 Å². The van der Waals surface area contributed by atoms with E-state index in [-0.39, 0.29) is 24.7 Å². The summed E-state index contributed by atoms with van der Waals surface area (Å²) in [5, 5.41) is 7.14. The molecular weight excluding hydrogens is 390 g/mol. The lowest BCUT2D eigenvalue weighted by atomic mass is 9.72. The molecule has 1 aliphatic carbocycles. The molecule has 29 heavy (non-hydrogen) atoms. The van der Waals surface area contributed by atoms with Crippen molar-refractivity contribution in [2.24, 2.45) is 5.73 Å². The molecule has 0 atom stereocenters. The van der Waals surface area contributed by atoms with Crippen molar-refractivity contribution >= 4 is 29.0 Å². The Hall–Kier alpha value is -3.14. The van der Waals surface area contributed by atoms with Crippen molar-refractivity contribution < 1.29 is 9.59 Å². The number of primary amides is 1. The second-order valence-corrected chi connectivity index (χ2v) is 8.78. The summed E-state index contributed by atoms with van der Waals surface area (Å²) in [7, 11) is 0. The molecule has 150 valence electrons. The fourth-order valence-corrected chi connectivity index (χ4v) is 4.60. The van der Waals surface area contributed by atoms with Crippen molar-refractivity contribution in [3.63, 3.8) is 0 Å². The number of nitrogen functional groups attached to an aromatic ring is 1. The lowest BCUT2D eigenvalue weighted by molar-refractivity contribution is -0.118. The van der Waals surface area contributed by atoms with E-state index in [1.807, 2.05) is 26.2 Å². The SMILES string of the molecule is Cc1csc(CC(=O)c2nn(CC(N)=O)c3c2C(C)(C)Cc2cnc(N)nc2-3)n1. The van der Waals surface area contributed by atoms with Gasteiger partial charge in [0.15, 0.2) is 5.78 Å². The predicted octanol–water partition coefficient (Wildman–Crippen LogP) is 1.43. The Labute approximate surface area is 171 Å². The molecule has 0 spiro atoms. The number of hydrogen-bond donors (Lipinski definition) is 2. The molecular formula is C19H21N7O2S. The number of carbonyl (C=O) groups excluding carboxylic acids is 2. The fourth-order valence-electron chi connectivity index (χ4n) is 3.83. The van der Waals surface area contributed by atoms with E-state index < -0.39 is 11.3 Å². The van der Waals surface area contributed by atoms with E-state index in [0.29, 0.717) is 23.5 Å². The molecule has 9 nitrogen and oxygen atoms in total. The van der Waals surface area contributed by atoms with Crippen molar-refractivity contribution in [3.05, 3.63) is 39.1 Å². The van der Waals surface area contributed by atoms with E-state index in [2.05, 4.69) is 20.1 Å². The summed E-state index contributed by atoms with van der Waals surface area (Å²) >= 11 is 1.44. The van der Waals surface area contributed by atoms with Gasteiger partial charge in [-0.15, -0.1) is 11.3 Å². The van der Waals surface area contributed by atoms with Crippen LogP contribution >= 0.6 is 11.3 Å². The van der Waals surface area contributed by atoms with Gasteiger partial charge in [-0.3, -0.25) is 14.3 Å². The van der Waals surface area contributed by atoms with Crippen LogP contribution in [-0.2, 0) is 29.6 Å². The van der Waals surface area contributed by atoms with Crippen molar-refractivity contribution in [1.82, 2.24) is 24.7 Å². The zero-order chi connectivity index (χ0) is 20.9. The van der Waals surface area contributed by atoms with Crippen LogP contribution in [0.15, 0.2) is 11.6 Å². The largest absolute Gasteiger partial charge is 0.368 e. The molecule has 1 aliphatic rings. The minimum atomic E-state index is -0.559. The predicted molar refractivity (Wildman–Crippen MR) is 108 cm³/mol. The summed E-state index contributed by atoms with van der Waals surface area (Å²) < 4.78 is 1.46. The molecule has 4 rings (SSSR count). The maximum Gasteiger partial charge on any atom is 0.239 e. The number of nitrogens with two attached hydrogens (primary N) is 2. The third kappa shape index (κ3) is 3.39. The molecule has 0 bridgehead atoms. The average Bonchev–Trinajstić information content (AvgIpc) is 3.19. The van der Waals surface area contributed by atoms with E-state index in [4.69, 9.17) is 11.5 Å². The highest BCUT2D eigenvalue weighted by Crippen LogP contribution is 2.44. The third-order valence-electron chi connectivity index (χ3n) is 4.92. The minimum Gasteiger partial charge on any atom is -0.368 e. The molecule has 3 aromatic rings. The highest BCUT2D eigenvalue weighted by Gasteiger charge is 2.40. The second-order valence-electron chi connectivity index (χ2n) is 7.84. The Morgan fingerprint density at radius 3 is 2.72 bits per heavy atom. The molecule has 3 aromatic heterocycles. The van der Waals surface area contributed by atoms with Gasteiger partial charge in [0, 0.05) is 22.8 Å². The van der Waals surface area contributed by atoms with Gasteiger partial charge in [-0.05, 0) is 24.3 Å². The number of rotatable bonds is 5. The smallest absolute Gasteiger partial charge is 0.239 e. The standard InChI is InChI=1S/C19H21N7O2S/c1-9-8-29-13(23-9)4-11(27)16-14-17(26(25-16)7-12(20)28)15-10(5-19(14,2)3)6-22-18(21)24-15/h6,8H,4-5,7H2,1-3H3,(H2,20,28)(H2,21,22,24). The number of carbonyl (C=O) groups is 2. The quantitative estimate of drug-likeness (QED) is 0.605. The van der Waals surface area contributed by atoms with Crippen LogP contribution < -0.4 is 11.5 Å². The summed E-state index contributed by atoms with van der Waals surface area (Å²) in [6.07, 6.45) is 2.45. The van der Waals surface area contributed by atoms with Crippen molar-refractivity contribution in [3.8, 4) is 11.4 Å². The molecule has 4 N–H and O–H groups in total. The van der Waals surface area contributed by atoms with E-state index in [0.717, 1.165) is 21.8 Å². The van der Waals surface area contributed by atoms with Crippen molar-refractivity contribution in [2.45, 2.75) is 45.6 Å². The summed E-state index contributed by atoms with van der Waals surface area (Å²) in [4.78, 5) is 37.7. The first kappa shape index (κ1) is 19.2. The number of anilines is 1. The second kappa shape index (κ2) is 6.73. The number of thiazole rings is 1. The van der Waals surface area contributed by atoms with Gasteiger partial charge in [0.2, 0.25) is 11.9 Å². The lowest BCUT2D eigenvalue weighted by Crippen LogP contribution is -2.29. The minimum absolute atomic E-state index is 0.118. The normalized spacial score (nSPS) is 14.3. The molecule has 0 saturated carbocycles. The fraction of sp³-hybridized carbons (Fsp3) is 0.368. The highest BCUT2D eigenvalue weighted by molar-refractivity contribution is 7.09. The van der Waals surface area contributed by atoms with Crippen LogP contribution in [0.2, 0.25) is 0 Å². The van der Waals surface area contributed by atoms with Crippen LogP contribution in [-0.4, -0.2) is 36.4 Å². The number of fused-ring (bicyclic) bond motifs is 3. The number of Topliss-reactive ketones (excluding diaryl/α,β-unsaturated/α-hetero) is 1. The van der Waals surface area contributed by atoms with Gasteiger partial charge in [-0.1, -0.05) is 13.8 Å². The van der Waals surface area contributed by atoms with Gasteiger partial charge in [0.05, 0.1) is 17.8 Å². The summed E-state index contributed by atoms with van der Waals surface area (Å²) in [5.41, 5.74) is 14.9. The first-order valence-electron chi connectivity index (χ1n) is 9.11. The van der Waals surface area contributed by atoms with Crippen molar-refractivity contribution in [1.29, 1.82) is 0 Å². The van der Waals surface area contributed by atoms with Gasteiger partial charge < -0.3 is 11.5 Å². The topological polar surface area (TPSA) is 143 Å². The molecule has 0 unspecified atom stereocenters. The van der Waals surface area contributed by atoms with Crippen molar-refractivity contribution in [2.75, 3.05) is 5.73 Å². The number of nitrogens with zero attached hydrogens (tertiary/aromatic N) is 5. The summed E-state index contributed by atoms with van der Waals surface area (Å²) in [6, 6.07) is 0. The molecule has 0 radical (unpaired) electrons. The number of amides is 1. The van der Waals surface area contributed by atoms with E-state index in [1.165, 1.54) is 16.0 Å². The van der Waals surface area contributed by atoms with Crippen LogP contribution in [0, 0.1) is 6.92 Å². The highest BCUT2D eigenvalue weighted by atomic mass is 32.1. The maximum absolute atomic E-state index is 13.2. The number of hydrogen-bond acceptors (Lipinski definition) is 8. The molecule has 0 fully saturated rings. The molecule has 0 aliphatic heterocycles. The Morgan fingerprint density at radius 1 is 1.31 bits per heavy atom. The van der Waals surface area contributed by atoms with Crippen LogP contribution in [0.4, 0.5) is 5.95 Å². The third-order valence-corrected chi connectivity index (χ3v) is 5.88. The van der Waals surface area contributed by atoms with Gasteiger partial charge >= 0.3 is 0 Å². The van der Waals surface area contributed by atoms with Gasteiger partial charge in [0.1, 0.15) is 17.2 Å². The van der Waals surface area contributed by atoms with Gasteiger partial charge in [-0.25, -0.2) is 15.0 Å². The maximum atomic E-state index is 13.2. The first-order chi connectivity index (χ1) is 13.7. The molecule has 10 heteroatoms. The Kier molecular flexibility index (Phi) is 4.45. The van der Waals surface area contributed by atoms with Crippen LogP contribution in [0.25, 0.3) is 11.4 Å². The van der Waals surface area contributed by atoms with Crippen LogP contribution in [0.3, 0.4) is 0 Å². The average molecular weight is 411 g/mol. The number of ketones is 1. The summed E-state index contributed by atoms with van der Waals surface area (Å²) in [6.45, 7) is 5.79. The zero-order valence-electron chi connectivity index (χ0n) is 16.4. The van der Waals surface area contributed by atoms with Crippen LogP contribution in [0.5, 0.6) is 0 Å². The first-order valence-corrected chi connectivity index (χ1v) is 9.99. The summed E-state index contributed by atoms with van der Waals surface area (Å²) in [5.74, 6) is -0.596. The lowest BCUT2D eigenvalue weighted by Gasteiger charge is -2.31. The Bertz CT molecular complexity index is 1150. The monoisotopic (exact) mass is 411 g/mol. The van der Waals surface area contributed by atoms with Crippen LogP contribution in [0.1, 0.15) is 46.2 Å². The number of aryl methyl sites for hydroxylation is 1. The van der Waals surface area contributed by atoms with Gasteiger partial charge in [0.25, 0.3) is 0 Å². The molecule has 1 amide bonds. The molecule has 3 heterocycles. The Morgan fingerprint density at radius 2 is 2.07 bits per heavy atom. The van der Waals surface area contributed by atoms with Gasteiger partial charge in [-0.2, -0.15) is 5.10 Å². The van der Waals surface area contributed by atoms with E-state index >= 15 is 0 Å². The number of aromatic nitrogens is 5. The molecule has 0 saturated heterocycles. The Balaban J connectivity index is 1.90. The zero-order valence-corrected chi connectivity index (χ0v) is 17.2. The molecule has 0 aromatic carbocycles. The van der Waals surface area contributed by atoms with E-state index in [1.54, 1.807) is 6.20 Å².